The van der Waals surface area contributed by atoms with Crippen molar-refractivity contribution in [1.82, 2.24) is 10.2 Å². The topological polar surface area (TPSA) is 24.5 Å². The molecule has 0 amide bonds. The summed E-state index contributed by atoms with van der Waals surface area (Å²) < 4.78 is 5.18. The van der Waals surface area contributed by atoms with Gasteiger partial charge in [0.05, 0.1) is 6.61 Å². The third-order valence-electron chi connectivity index (χ3n) is 5.46. The highest BCUT2D eigenvalue weighted by Crippen LogP contribution is 2.38. The smallest absolute Gasteiger partial charge is 0.0587 e. The molecule has 0 bridgehead atoms. The minimum absolute atomic E-state index is 0.505. The van der Waals surface area contributed by atoms with Gasteiger partial charge in [-0.2, -0.15) is 0 Å². The van der Waals surface area contributed by atoms with E-state index in [9.17, 15) is 0 Å². The maximum absolute atomic E-state index is 5.18. The molecule has 1 N–H and O–H groups in total. The van der Waals surface area contributed by atoms with Crippen molar-refractivity contribution in [3.63, 3.8) is 0 Å². The molecule has 1 aliphatic carbocycles. The zero-order valence-corrected chi connectivity index (χ0v) is 14.5. The number of rotatable bonds is 7. The van der Waals surface area contributed by atoms with Crippen molar-refractivity contribution < 1.29 is 4.74 Å². The van der Waals surface area contributed by atoms with Crippen molar-refractivity contribution in [2.75, 3.05) is 46.4 Å². The van der Waals surface area contributed by atoms with E-state index in [1.54, 1.807) is 7.11 Å². The Kier molecular flexibility index (Phi) is 6.51. The van der Waals surface area contributed by atoms with Crippen LogP contribution in [0.1, 0.15) is 58.8 Å². The fourth-order valence-corrected chi connectivity index (χ4v) is 4.23. The second-order valence-electron chi connectivity index (χ2n) is 8.21. The van der Waals surface area contributed by atoms with Gasteiger partial charge in [0.15, 0.2) is 0 Å². The number of ether oxygens (including phenoxy) is 1. The molecule has 0 atom stereocenters. The van der Waals surface area contributed by atoms with Gasteiger partial charge in [-0.15, -0.1) is 0 Å². The van der Waals surface area contributed by atoms with Crippen molar-refractivity contribution in [2.24, 2.45) is 10.8 Å². The normalized spacial score (nSPS) is 25.9. The predicted molar refractivity (Wildman–Crippen MR) is 89.7 cm³/mol. The number of nitrogens with zero attached hydrogens (tertiary/aromatic N) is 1. The molecule has 2 fully saturated rings. The van der Waals surface area contributed by atoms with Crippen molar-refractivity contribution >= 4 is 0 Å². The van der Waals surface area contributed by atoms with Crippen molar-refractivity contribution in [1.29, 1.82) is 0 Å². The SMILES string of the molecule is COCCNCC1(CN2CCC(C)(C)C2)CCCCCC1. The van der Waals surface area contributed by atoms with E-state index in [1.165, 1.54) is 71.1 Å². The summed E-state index contributed by atoms with van der Waals surface area (Å²) in [4.78, 5) is 2.74. The van der Waals surface area contributed by atoms with Gasteiger partial charge in [-0.3, -0.25) is 0 Å². The fraction of sp³-hybridized carbons (Fsp3) is 1.00. The third kappa shape index (κ3) is 5.54. The van der Waals surface area contributed by atoms with Gasteiger partial charge in [-0.05, 0) is 36.6 Å². The summed E-state index contributed by atoms with van der Waals surface area (Å²) >= 11 is 0. The number of nitrogens with one attached hydrogen (secondary N) is 1. The molecule has 124 valence electrons. The first-order chi connectivity index (χ1) is 10.1. The molecule has 3 heteroatoms. The summed E-state index contributed by atoms with van der Waals surface area (Å²) in [6, 6.07) is 0. The van der Waals surface area contributed by atoms with E-state index < -0.39 is 0 Å². The van der Waals surface area contributed by atoms with Crippen LogP contribution in [-0.4, -0.2) is 51.3 Å². The van der Waals surface area contributed by atoms with Crippen molar-refractivity contribution in [3.05, 3.63) is 0 Å². The highest BCUT2D eigenvalue weighted by atomic mass is 16.5. The summed E-state index contributed by atoms with van der Waals surface area (Å²) in [6.07, 6.45) is 9.89. The Balaban J connectivity index is 1.91. The summed E-state index contributed by atoms with van der Waals surface area (Å²) in [5, 5.41) is 3.67. The number of likely N-dealkylation sites (tertiary alicyclic amines) is 1. The monoisotopic (exact) mass is 296 g/mol. The van der Waals surface area contributed by atoms with Gasteiger partial charge in [0.2, 0.25) is 0 Å². The Morgan fingerprint density at radius 1 is 1.05 bits per heavy atom. The Labute approximate surface area is 131 Å². The minimum atomic E-state index is 0.505. The zero-order valence-electron chi connectivity index (χ0n) is 14.5. The first-order valence-electron chi connectivity index (χ1n) is 8.97. The van der Waals surface area contributed by atoms with Crippen molar-refractivity contribution in [2.45, 2.75) is 58.8 Å². The van der Waals surface area contributed by atoms with Crippen LogP contribution in [0.15, 0.2) is 0 Å². The maximum atomic E-state index is 5.18. The van der Waals surface area contributed by atoms with Crippen LogP contribution in [-0.2, 0) is 4.74 Å². The molecule has 1 aliphatic heterocycles. The van der Waals surface area contributed by atoms with Crippen LogP contribution < -0.4 is 5.32 Å². The van der Waals surface area contributed by atoms with E-state index >= 15 is 0 Å². The van der Waals surface area contributed by atoms with Gasteiger partial charge >= 0.3 is 0 Å². The molecule has 2 rings (SSSR count). The van der Waals surface area contributed by atoms with Crippen LogP contribution in [0.3, 0.4) is 0 Å². The standard InChI is InChI=1S/C18H36N2O/c1-17(2)10-12-20(15-17)16-18(14-19-11-13-21-3)8-6-4-5-7-9-18/h19H,4-16H2,1-3H3. The number of hydrogen-bond donors (Lipinski definition) is 1. The number of hydrogen-bond acceptors (Lipinski definition) is 3. The third-order valence-corrected chi connectivity index (χ3v) is 5.46. The van der Waals surface area contributed by atoms with E-state index in [1.807, 2.05) is 0 Å². The Morgan fingerprint density at radius 3 is 2.33 bits per heavy atom. The van der Waals surface area contributed by atoms with Crippen LogP contribution in [0, 0.1) is 10.8 Å². The summed E-state index contributed by atoms with van der Waals surface area (Å²) in [5.41, 5.74) is 1.03. The lowest BCUT2D eigenvalue weighted by atomic mass is 9.79. The van der Waals surface area contributed by atoms with E-state index in [4.69, 9.17) is 4.74 Å². The van der Waals surface area contributed by atoms with Gasteiger partial charge in [0.1, 0.15) is 0 Å². The lowest BCUT2D eigenvalue weighted by molar-refractivity contribution is 0.131. The molecule has 0 radical (unpaired) electrons. The molecule has 0 aromatic rings. The highest BCUT2D eigenvalue weighted by Gasteiger charge is 2.37. The van der Waals surface area contributed by atoms with Crippen LogP contribution >= 0.6 is 0 Å². The van der Waals surface area contributed by atoms with E-state index in [0.29, 0.717) is 10.8 Å². The largest absolute Gasteiger partial charge is 0.383 e. The predicted octanol–water partition coefficient (Wildman–Crippen LogP) is 3.29. The minimum Gasteiger partial charge on any atom is -0.383 e. The molecule has 0 aromatic heterocycles. The molecule has 0 spiro atoms. The van der Waals surface area contributed by atoms with Gasteiger partial charge < -0.3 is 15.0 Å². The van der Waals surface area contributed by atoms with E-state index in [0.717, 1.165) is 13.2 Å². The summed E-state index contributed by atoms with van der Waals surface area (Å²) in [6.45, 7) is 11.7. The first-order valence-corrected chi connectivity index (χ1v) is 8.97. The average Bonchev–Trinajstić information content (AvgIpc) is 2.64. The second-order valence-corrected chi connectivity index (χ2v) is 8.21. The van der Waals surface area contributed by atoms with Crippen molar-refractivity contribution in [3.8, 4) is 0 Å². The van der Waals surface area contributed by atoms with Gasteiger partial charge in [-0.1, -0.05) is 39.5 Å². The zero-order chi connectivity index (χ0) is 15.2. The Hall–Kier alpha value is -0.120. The van der Waals surface area contributed by atoms with Crippen LogP contribution in [0.5, 0.6) is 0 Å². The molecule has 1 saturated carbocycles. The van der Waals surface area contributed by atoms with Gasteiger partial charge in [0, 0.05) is 33.3 Å². The molecule has 3 nitrogen and oxygen atoms in total. The Morgan fingerprint density at radius 2 is 1.76 bits per heavy atom. The van der Waals surface area contributed by atoms with E-state index in [-0.39, 0.29) is 0 Å². The molecule has 0 aromatic carbocycles. The lowest BCUT2D eigenvalue weighted by Crippen LogP contribution is -2.44. The van der Waals surface area contributed by atoms with Gasteiger partial charge in [0.25, 0.3) is 0 Å². The lowest BCUT2D eigenvalue weighted by Gasteiger charge is -2.37. The quantitative estimate of drug-likeness (QED) is 0.576. The second kappa shape index (κ2) is 7.94. The molecule has 1 heterocycles. The van der Waals surface area contributed by atoms with E-state index in [2.05, 4.69) is 24.1 Å². The molecule has 2 aliphatic rings. The van der Waals surface area contributed by atoms with Crippen LogP contribution in [0.2, 0.25) is 0 Å². The first kappa shape index (κ1) is 17.2. The highest BCUT2D eigenvalue weighted by molar-refractivity contribution is 4.91. The summed E-state index contributed by atoms with van der Waals surface area (Å²) in [7, 11) is 1.79. The molecular weight excluding hydrogens is 260 g/mol. The van der Waals surface area contributed by atoms with Crippen LogP contribution in [0.25, 0.3) is 0 Å². The Bertz CT molecular complexity index is 296. The maximum Gasteiger partial charge on any atom is 0.0587 e. The molecule has 0 unspecified atom stereocenters. The van der Waals surface area contributed by atoms with Gasteiger partial charge in [-0.25, -0.2) is 0 Å². The molecule has 21 heavy (non-hydrogen) atoms. The van der Waals surface area contributed by atoms with Crippen LogP contribution in [0.4, 0.5) is 0 Å². The number of methoxy groups -OCH3 is 1. The molecule has 1 saturated heterocycles. The average molecular weight is 296 g/mol. The summed E-state index contributed by atoms with van der Waals surface area (Å²) in [5.74, 6) is 0. The molecular formula is C18H36N2O. The fourth-order valence-electron chi connectivity index (χ4n) is 4.23.